The number of benzene rings is 1. The van der Waals surface area contributed by atoms with Crippen LogP contribution >= 0.6 is 0 Å². The van der Waals surface area contributed by atoms with E-state index in [-0.39, 0.29) is 13.2 Å². The lowest BCUT2D eigenvalue weighted by Crippen LogP contribution is -2.46. The molecule has 1 saturated heterocycles. The Morgan fingerprint density at radius 2 is 1.64 bits per heavy atom. The van der Waals surface area contributed by atoms with Gasteiger partial charge in [-0.3, -0.25) is 14.4 Å². The summed E-state index contributed by atoms with van der Waals surface area (Å²) in [5.41, 5.74) is 0.891. The fourth-order valence-electron chi connectivity index (χ4n) is 2.75. The fraction of sp³-hybridized carbons (Fsp3) is 0.474. The van der Waals surface area contributed by atoms with Gasteiger partial charge in [-0.25, -0.2) is 4.79 Å². The van der Waals surface area contributed by atoms with Gasteiger partial charge in [0.2, 0.25) is 6.10 Å². The maximum absolute atomic E-state index is 12.1. The molecule has 0 unspecified atom stereocenters. The van der Waals surface area contributed by atoms with Crippen LogP contribution in [0.1, 0.15) is 26.3 Å². The minimum atomic E-state index is -1.45. The molecule has 0 bridgehead atoms. The monoisotopic (exact) mass is 394 g/mol. The molecular formula is C19H22O9. The molecule has 9 heteroatoms. The van der Waals surface area contributed by atoms with Gasteiger partial charge in [0.15, 0.2) is 18.3 Å². The van der Waals surface area contributed by atoms with Crippen molar-refractivity contribution in [3.05, 3.63) is 35.9 Å². The second-order valence-electron chi connectivity index (χ2n) is 6.15. The topological polar surface area (TPSA) is 114 Å². The molecule has 1 heterocycles. The lowest BCUT2D eigenvalue weighted by Gasteiger charge is -2.26. The molecule has 0 radical (unpaired) electrons. The van der Waals surface area contributed by atoms with E-state index in [0.29, 0.717) is 0 Å². The number of rotatable bonds is 8. The summed E-state index contributed by atoms with van der Waals surface area (Å²) in [5.74, 6) is -2.99. The molecule has 1 fully saturated rings. The Hall–Kier alpha value is -2.94. The summed E-state index contributed by atoms with van der Waals surface area (Å²) in [6, 6.07) is 9.27. The van der Waals surface area contributed by atoms with Crippen molar-refractivity contribution < 1.29 is 42.9 Å². The fourth-order valence-corrected chi connectivity index (χ4v) is 2.75. The maximum atomic E-state index is 12.1. The first-order chi connectivity index (χ1) is 13.3. The van der Waals surface area contributed by atoms with E-state index < -0.39 is 48.3 Å². The zero-order valence-electron chi connectivity index (χ0n) is 15.8. The van der Waals surface area contributed by atoms with Crippen molar-refractivity contribution in [2.45, 2.75) is 51.8 Å². The van der Waals surface area contributed by atoms with E-state index in [4.69, 9.17) is 23.7 Å². The highest BCUT2D eigenvalue weighted by Crippen LogP contribution is 2.27. The lowest BCUT2D eigenvalue weighted by atomic mass is 10.1. The van der Waals surface area contributed by atoms with Crippen molar-refractivity contribution in [1.82, 2.24) is 0 Å². The Morgan fingerprint density at radius 3 is 2.21 bits per heavy atom. The Balaban J connectivity index is 2.14. The predicted molar refractivity (Wildman–Crippen MR) is 92.6 cm³/mol. The average molecular weight is 394 g/mol. The van der Waals surface area contributed by atoms with E-state index in [1.807, 2.05) is 30.3 Å². The molecule has 0 N–H and O–H groups in total. The molecule has 0 amide bonds. The molecule has 1 aliphatic heterocycles. The smallest absolute Gasteiger partial charge is 0.352 e. The Kier molecular flexibility index (Phi) is 7.51. The van der Waals surface area contributed by atoms with Crippen molar-refractivity contribution in [3.8, 4) is 0 Å². The van der Waals surface area contributed by atoms with Gasteiger partial charge < -0.3 is 23.7 Å². The van der Waals surface area contributed by atoms with Crippen LogP contribution in [0.3, 0.4) is 0 Å². The molecule has 2 rings (SSSR count). The number of hydrogen-bond acceptors (Lipinski definition) is 9. The quantitative estimate of drug-likeness (QED) is 0.469. The highest BCUT2D eigenvalue weighted by atomic mass is 16.7. The third-order valence-electron chi connectivity index (χ3n) is 3.78. The summed E-state index contributed by atoms with van der Waals surface area (Å²) >= 11 is 0. The number of esters is 4. The molecule has 28 heavy (non-hydrogen) atoms. The summed E-state index contributed by atoms with van der Waals surface area (Å²) in [6.45, 7) is 3.53. The molecule has 1 aliphatic rings. The van der Waals surface area contributed by atoms with Gasteiger partial charge in [0.05, 0.1) is 13.2 Å². The van der Waals surface area contributed by atoms with Crippen LogP contribution in [0.15, 0.2) is 30.3 Å². The van der Waals surface area contributed by atoms with Crippen molar-refractivity contribution >= 4 is 23.9 Å². The molecule has 0 aliphatic carbocycles. The first-order valence-electron chi connectivity index (χ1n) is 8.61. The van der Waals surface area contributed by atoms with Crippen LogP contribution in [0, 0.1) is 0 Å². The Morgan fingerprint density at radius 1 is 1.00 bits per heavy atom. The molecule has 152 valence electrons. The normalized spacial score (nSPS) is 22.1. The molecule has 4 atom stereocenters. The molecule has 0 aromatic heterocycles. The SMILES string of the molecule is CC(=O)O[C@@H]1[C@@H]([C@H](COCc2ccccc2)OC(C)=O)OC(=O)[C@@H]1OC(C)=O. The first-order valence-corrected chi connectivity index (χ1v) is 8.61. The van der Waals surface area contributed by atoms with Crippen LogP contribution in [0.4, 0.5) is 0 Å². The second kappa shape index (κ2) is 9.84. The molecule has 0 saturated carbocycles. The molecule has 1 aromatic rings. The number of hydrogen-bond donors (Lipinski definition) is 0. The van der Waals surface area contributed by atoms with Gasteiger partial charge in [-0.05, 0) is 5.56 Å². The molecule has 9 nitrogen and oxygen atoms in total. The van der Waals surface area contributed by atoms with Crippen LogP contribution < -0.4 is 0 Å². The van der Waals surface area contributed by atoms with Crippen molar-refractivity contribution in [1.29, 1.82) is 0 Å². The highest BCUT2D eigenvalue weighted by Gasteiger charge is 2.53. The summed E-state index contributed by atoms with van der Waals surface area (Å²) in [4.78, 5) is 46.4. The minimum absolute atomic E-state index is 0.128. The number of ether oxygens (including phenoxy) is 5. The van der Waals surface area contributed by atoms with E-state index in [0.717, 1.165) is 19.4 Å². The average Bonchev–Trinajstić information content (AvgIpc) is 2.90. The van der Waals surface area contributed by atoms with Crippen LogP contribution in [0.25, 0.3) is 0 Å². The van der Waals surface area contributed by atoms with E-state index in [1.54, 1.807) is 0 Å². The van der Waals surface area contributed by atoms with E-state index in [1.165, 1.54) is 6.92 Å². The van der Waals surface area contributed by atoms with Crippen LogP contribution in [0.2, 0.25) is 0 Å². The highest BCUT2D eigenvalue weighted by molar-refractivity contribution is 5.82. The lowest BCUT2D eigenvalue weighted by molar-refractivity contribution is -0.174. The molecular weight excluding hydrogens is 372 g/mol. The third-order valence-corrected chi connectivity index (χ3v) is 3.78. The minimum Gasteiger partial charge on any atom is -0.456 e. The summed E-state index contributed by atoms with van der Waals surface area (Å²) in [6.07, 6.45) is -4.95. The van der Waals surface area contributed by atoms with Gasteiger partial charge in [0, 0.05) is 20.8 Å². The van der Waals surface area contributed by atoms with Crippen molar-refractivity contribution in [3.63, 3.8) is 0 Å². The Labute approximate surface area is 161 Å². The zero-order valence-corrected chi connectivity index (χ0v) is 15.8. The summed E-state index contributed by atoms with van der Waals surface area (Å²) < 4.78 is 26.0. The summed E-state index contributed by atoms with van der Waals surface area (Å²) in [7, 11) is 0. The van der Waals surface area contributed by atoms with E-state index in [9.17, 15) is 19.2 Å². The maximum Gasteiger partial charge on any atom is 0.352 e. The van der Waals surface area contributed by atoms with Gasteiger partial charge in [0.25, 0.3) is 0 Å². The van der Waals surface area contributed by atoms with Gasteiger partial charge in [0.1, 0.15) is 0 Å². The first kappa shape index (κ1) is 21.4. The molecule has 1 aromatic carbocycles. The van der Waals surface area contributed by atoms with Gasteiger partial charge in [-0.1, -0.05) is 30.3 Å². The predicted octanol–water partition coefficient (Wildman–Crippen LogP) is 0.924. The van der Waals surface area contributed by atoms with Crippen molar-refractivity contribution in [2.75, 3.05) is 6.61 Å². The van der Waals surface area contributed by atoms with Gasteiger partial charge >= 0.3 is 23.9 Å². The number of carbonyl (C=O) groups is 4. The number of cyclic esters (lactones) is 1. The van der Waals surface area contributed by atoms with E-state index >= 15 is 0 Å². The third kappa shape index (κ3) is 6.05. The number of carbonyl (C=O) groups excluding carboxylic acids is 4. The molecule has 0 spiro atoms. The standard InChI is InChI=1S/C19H22O9/c1-11(20)25-15(10-24-9-14-7-5-4-6-8-14)16-17(26-12(2)21)18(19(23)28-16)27-13(3)22/h4-8,15-18H,9-10H2,1-3H3/t15-,16+,17+,18+/m0/s1. The zero-order chi connectivity index (χ0) is 20.7. The van der Waals surface area contributed by atoms with E-state index in [2.05, 4.69) is 0 Å². The van der Waals surface area contributed by atoms with Crippen LogP contribution in [0.5, 0.6) is 0 Å². The largest absolute Gasteiger partial charge is 0.456 e. The Bertz CT molecular complexity index is 715. The van der Waals surface area contributed by atoms with Crippen molar-refractivity contribution in [2.24, 2.45) is 0 Å². The summed E-state index contributed by atoms with van der Waals surface area (Å²) in [5, 5.41) is 0. The van der Waals surface area contributed by atoms with Gasteiger partial charge in [-0.15, -0.1) is 0 Å². The van der Waals surface area contributed by atoms with Crippen LogP contribution in [-0.2, 0) is 49.5 Å². The van der Waals surface area contributed by atoms with Gasteiger partial charge in [-0.2, -0.15) is 0 Å². The second-order valence-corrected chi connectivity index (χ2v) is 6.15. The van der Waals surface area contributed by atoms with Crippen LogP contribution in [-0.4, -0.2) is 54.9 Å².